The molecule has 1 aromatic rings. The first kappa shape index (κ1) is 25.2. The van der Waals surface area contributed by atoms with Crippen molar-refractivity contribution in [2.45, 2.75) is 44.2 Å². The minimum Gasteiger partial charge on any atom is -0.493 e. The van der Waals surface area contributed by atoms with Crippen LogP contribution < -0.4 is 14.8 Å². The van der Waals surface area contributed by atoms with Gasteiger partial charge in [0, 0.05) is 25.0 Å². The number of aryl methyl sites for hydroxylation is 1. The maximum absolute atomic E-state index is 12.2. The van der Waals surface area contributed by atoms with E-state index in [0.29, 0.717) is 37.3 Å². The molecule has 1 aliphatic heterocycles. The number of esters is 1. The third kappa shape index (κ3) is 7.90. The SMILES string of the molecule is COC(=O)C[C@H]1CC[C@@H](CNC(=O)CCc2ccc(OC)c(OC)c2)N1C.O=CO. The number of ether oxygens (including phenoxy) is 3. The van der Waals surface area contributed by atoms with Crippen LogP contribution in [0.2, 0.25) is 0 Å². The van der Waals surface area contributed by atoms with E-state index in [1.807, 2.05) is 25.2 Å². The third-order valence-electron chi connectivity index (χ3n) is 5.24. The van der Waals surface area contributed by atoms with E-state index >= 15 is 0 Å². The molecule has 0 saturated carbocycles. The summed E-state index contributed by atoms with van der Waals surface area (Å²) >= 11 is 0. The molecule has 0 aliphatic carbocycles. The molecule has 9 nitrogen and oxygen atoms in total. The Hall–Kier alpha value is -2.81. The van der Waals surface area contributed by atoms with Gasteiger partial charge in [-0.1, -0.05) is 6.07 Å². The highest BCUT2D eigenvalue weighted by atomic mass is 16.5. The molecule has 1 heterocycles. The van der Waals surface area contributed by atoms with E-state index in [4.69, 9.17) is 24.1 Å². The number of rotatable bonds is 9. The zero-order chi connectivity index (χ0) is 22.5. The molecule has 0 bridgehead atoms. The van der Waals surface area contributed by atoms with Gasteiger partial charge in [0.25, 0.3) is 6.47 Å². The van der Waals surface area contributed by atoms with Gasteiger partial charge >= 0.3 is 5.97 Å². The molecular formula is C21H32N2O7. The summed E-state index contributed by atoms with van der Waals surface area (Å²) in [6, 6.07) is 6.13. The van der Waals surface area contributed by atoms with Crippen molar-refractivity contribution in [3.63, 3.8) is 0 Å². The van der Waals surface area contributed by atoms with Crippen molar-refractivity contribution in [2.75, 3.05) is 34.9 Å². The standard InChI is InChI=1S/C20H30N2O5.CH2O2/c1-22-15(12-20(24)27-4)7-8-16(22)13-21-19(23)10-6-14-5-9-17(25-2)18(11-14)26-3;2-1-3/h5,9,11,15-16H,6-8,10,12-13H2,1-4H3,(H,21,23);1H,(H,2,3)/t15-,16+;/m1./s1. The molecule has 0 unspecified atom stereocenters. The van der Waals surface area contributed by atoms with Crippen molar-refractivity contribution in [2.24, 2.45) is 0 Å². The lowest BCUT2D eigenvalue weighted by Gasteiger charge is -2.25. The molecule has 1 fully saturated rings. The summed E-state index contributed by atoms with van der Waals surface area (Å²) in [7, 11) is 6.61. The summed E-state index contributed by atoms with van der Waals surface area (Å²) in [5.41, 5.74) is 1.03. The lowest BCUT2D eigenvalue weighted by atomic mass is 10.1. The van der Waals surface area contributed by atoms with Crippen LogP contribution in [0, 0.1) is 0 Å². The van der Waals surface area contributed by atoms with Crippen molar-refractivity contribution in [3.8, 4) is 11.5 Å². The number of hydrogen-bond acceptors (Lipinski definition) is 7. The predicted molar refractivity (Wildman–Crippen MR) is 111 cm³/mol. The fraction of sp³-hybridized carbons (Fsp3) is 0.571. The number of nitrogens with zero attached hydrogens (tertiary/aromatic N) is 1. The van der Waals surface area contributed by atoms with E-state index in [9.17, 15) is 9.59 Å². The van der Waals surface area contributed by atoms with Crippen molar-refractivity contribution in [3.05, 3.63) is 23.8 Å². The van der Waals surface area contributed by atoms with Crippen LogP contribution in [0.3, 0.4) is 0 Å². The molecule has 1 aliphatic rings. The van der Waals surface area contributed by atoms with Crippen LogP contribution >= 0.6 is 0 Å². The van der Waals surface area contributed by atoms with Crippen LogP contribution in [0.1, 0.15) is 31.2 Å². The van der Waals surface area contributed by atoms with Gasteiger partial charge in [0.15, 0.2) is 11.5 Å². The number of methoxy groups -OCH3 is 3. The van der Waals surface area contributed by atoms with Gasteiger partial charge in [-0.05, 0) is 44.0 Å². The maximum Gasteiger partial charge on any atom is 0.307 e. The van der Waals surface area contributed by atoms with Crippen LogP contribution in [-0.2, 0) is 25.5 Å². The van der Waals surface area contributed by atoms with E-state index in [0.717, 1.165) is 18.4 Å². The van der Waals surface area contributed by atoms with Gasteiger partial charge in [-0.15, -0.1) is 0 Å². The van der Waals surface area contributed by atoms with Crippen LogP contribution in [0.15, 0.2) is 18.2 Å². The summed E-state index contributed by atoms with van der Waals surface area (Å²) in [5, 5.41) is 9.90. The molecule has 0 radical (unpaired) electrons. The fourth-order valence-electron chi connectivity index (χ4n) is 3.47. The Morgan fingerprint density at radius 3 is 2.40 bits per heavy atom. The molecule has 1 aromatic carbocycles. The second kappa shape index (κ2) is 13.4. The first-order valence-electron chi connectivity index (χ1n) is 9.74. The van der Waals surface area contributed by atoms with Crippen LogP contribution in [-0.4, -0.2) is 75.4 Å². The topological polar surface area (TPSA) is 114 Å². The van der Waals surface area contributed by atoms with Gasteiger partial charge in [0.05, 0.1) is 27.8 Å². The highest BCUT2D eigenvalue weighted by Crippen LogP contribution is 2.28. The van der Waals surface area contributed by atoms with Crippen molar-refractivity contribution < 1.29 is 33.7 Å². The molecule has 2 rings (SSSR count). The number of carbonyl (C=O) groups is 3. The molecule has 0 aromatic heterocycles. The molecule has 2 atom stereocenters. The number of carboxylic acid groups (broad SMARTS) is 1. The minimum absolute atomic E-state index is 0.0228. The zero-order valence-corrected chi connectivity index (χ0v) is 18.1. The van der Waals surface area contributed by atoms with Gasteiger partial charge < -0.3 is 24.6 Å². The van der Waals surface area contributed by atoms with Gasteiger partial charge in [0.1, 0.15) is 0 Å². The Morgan fingerprint density at radius 1 is 1.17 bits per heavy atom. The normalized spacial score (nSPS) is 18.0. The van der Waals surface area contributed by atoms with Gasteiger partial charge in [0.2, 0.25) is 5.91 Å². The second-order valence-corrected chi connectivity index (χ2v) is 6.93. The quantitative estimate of drug-likeness (QED) is 0.453. The zero-order valence-electron chi connectivity index (χ0n) is 18.1. The lowest BCUT2D eigenvalue weighted by Crippen LogP contribution is -2.41. The molecule has 0 spiro atoms. The van der Waals surface area contributed by atoms with Crippen molar-refractivity contribution >= 4 is 18.3 Å². The average molecular weight is 424 g/mol. The summed E-state index contributed by atoms with van der Waals surface area (Å²) < 4.78 is 15.3. The van der Waals surface area contributed by atoms with E-state index < -0.39 is 0 Å². The van der Waals surface area contributed by atoms with Gasteiger partial charge in [-0.3, -0.25) is 19.3 Å². The molecule has 30 heavy (non-hydrogen) atoms. The molecule has 2 N–H and O–H groups in total. The number of amides is 1. The van der Waals surface area contributed by atoms with E-state index in [-0.39, 0.29) is 30.4 Å². The number of nitrogens with one attached hydrogen (secondary N) is 1. The molecule has 1 amide bonds. The average Bonchev–Trinajstić information content (AvgIpc) is 3.10. The summed E-state index contributed by atoms with van der Waals surface area (Å²) in [6.07, 6.45) is 3.36. The smallest absolute Gasteiger partial charge is 0.307 e. The summed E-state index contributed by atoms with van der Waals surface area (Å²) in [5.74, 6) is 1.18. The largest absolute Gasteiger partial charge is 0.493 e. The third-order valence-corrected chi connectivity index (χ3v) is 5.24. The Balaban J connectivity index is 0.00000141. The van der Waals surface area contributed by atoms with E-state index in [2.05, 4.69) is 10.2 Å². The number of likely N-dealkylation sites (N-methyl/N-ethyl adjacent to an activating group) is 1. The number of benzene rings is 1. The summed E-state index contributed by atoms with van der Waals surface area (Å²) in [4.78, 5) is 34.2. The molecule has 1 saturated heterocycles. The van der Waals surface area contributed by atoms with E-state index in [1.54, 1.807) is 14.2 Å². The molecule has 168 valence electrons. The number of likely N-dealkylation sites (tertiary alicyclic amines) is 1. The Labute approximate surface area is 177 Å². The first-order chi connectivity index (χ1) is 14.4. The first-order valence-corrected chi connectivity index (χ1v) is 9.74. The predicted octanol–water partition coefficient (Wildman–Crippen LogP) is 1.48. The number of hydrogen-bond donors (Lipinski definition) is 2. The monoisotopic (exact) mass is 424 g/mol. The van der Waals surface area contributed by atoms with Crippen molar-refractivity contribution in [1.29, 1.82) is 0 Å². The Bertz CT molecular complexity index is 696. The molecule has 9 heteroatoms. The second-order valence-electron chi connectivity index (χ2n) is 6.93. The van der Waals surface area contributed by atoms with Crippen LogP contribution in [0.25, 0.3) is 0 Å². The number of carbonyl (C=O) groups excluding carboxylic acids is 2. The lowest BCUT2D eigenvalue weighted by molar-refractivity contribution is -0.141. The highest BCUT2D eigenvalue weighted by molar-refractivity contribution is 5.76. The summed E-state index contributed by atoms with van der Waals surface area (Å²) in [6.45, 7) is 0.346. The maximum atomic E-state index is 12.2. The Kier molecular flexibility index (Phi) is 11.3. The van der Waals surface area contributed by atoms with Crippen LogP contribution in [0.4, 0.5) is 0 Å². The Morgan fingerprint density at radius 2 is 1.80 bits per heavy atom. The highest BCUT2D eigenvalue weighted by Gasteiger charge is 2.32. The van der Waals surface area contributed by atoms with Gasteiger partial charge in [-0.25, -0.2) is 0 Å². The molecular weight excluding hydrogens is 392 g/mol. The van der Waals surface area contributed by atoms with E-state index in [1.165, 1.54) is 7.11 Å². The van der Waals surface area contributed by atoms with Crippen molar-refractivity contribution in [1.82, 2.24) is 10.2 Å². The van der Waals surface area contributed by atoms with Crippen LogP contribution in [0.5, 0.6) is 11.5 Å². The van der Waals surface area contributed by atoms with Gasteiger partial charge in [-0.2, -0.15) is 0 Å². The minimum atomic E-state index is -0.250. The fourth-order valence-corrected chi connectivity index (χ4v) is 3.47.